The van der Waals surface area contributed by atoms with Gasteiger partial charge in [0.05, 0.1) is 19.2 Å². The summed E-state index contributed by atoms with van der Waals surface area (Å²) in [5.74, 6) is -0.588. The molecule has 0 saturated heterocycles. The van der Waals surface area contributed by atoms with Crippen LogP contribution in [-0.4, -0.2) is 25.5 Å². The summed E-state index contributed by atoms with van der Waals surface area (Å²) in [6.07, 6.45) is 1.74. The Morgan fingerprint density at radius 3 is 2.09 bits per heavy atom. The first-order chi connectivity index (χ1) is 11.1. The molecule has 0 heterocycles. The van der Waals surface area contributed by atoms with Gasteiger partial charge in [0, 0.05) is 12.6 Å². The molecule has 0 atom stereocenters. The van der Waals surface area contributed by atoms with Gasteiger partial charge in [-0.25, -0.2) is 4.79 Å². The van der Waals surface area contributed by atoms with Crippen LogP contribution in [0.5, 0.6) is 0 Å². The minimum absolute atomic E-state index is 0.140. The number of carbonyl (C=O) groups is 2. The molecule has 0 spiro atoms. The predicted molar refractivity (Wildman–Crippen MR) is 90.9 cm³/mol. The Hall–Kier alpha value is -2.88. The molecule has 2 rings (SSSR count). The second-order valence-electron chi connectivity index (χ2n) is 5.01. The third kappa shape index (κ3) is 4.54. The van der Waals surface area contributed by atoms with Crippen LogP contribution < -0.4 is 4.90 Å². The standard InChI is InChI=1S/C19H19NO3/c1-15(21)20(18-11-7-4-8-12-18)14-17(19(22)23-2)13-16-9-5-3-6-10-16/h3-13H,14H2,1-2H3/b17-13-. The number of methoxy groups -OCH3 is 1. The van der Waals surface area contributed by atoms with Crippen LogP contribution in [0.4, 0.5) is 5.69 Å². The molecule has 2 aromatic rings. The lowest BCUT2D eigenvalue weighted by Crippen LogP contribution is -2.32. The topological polar surface area (TPSA) is 46.6 Å². The van der Waals surface area contributed by atoms with Gasteiger partial charge in [0.15, 0.2) is 0 Å². The SMILES string of the molecule is COC(=O)/C(=C\c1ccccc1)CN(C(C)=O)c1ccccc1. The van der Waals surface area contributed by atoms with Crippen LogP contribution in [0, 0.1) is 0 Å². The minimum Gasteiger partial charge on any atom is -0.466 e. The van der Waals surface area contributed by atoms with Gasteiger partial charge in [0.1, 0.15) is 0 Å². The highest BCUT2D eigenvalue weighted by Crippen LogP contribution is 2.17. The van der Waals surface area contributed by atoms with Crippen molar-refractivity contribution in [3.63, 3.8) is 0 Å². The molecule has 0 aromatic heterocycles. The van der Waals surface area contributed by atoms with Crippen molar-refractivity contribution < 1.29 is 14.3 Å². The minimum atomic E-state index is -0.448. The fourth-order valence-corrected chi connectivity index (χ4v) is 2.21. The fraction of sp³-hybridized carbons (Fsp3) is 0.158. The molecule has 0 radical (unpaired) electrons. The summed E-state index contributed by atoms with van der Waals surface area (Å²) < 4.78 is 4.86. The Morgan fingerprint density at radius 2 is 1.57 bits per heavy atom. The molecule has 2 aromatic carbocycles. The molecule has 4 heteroatoms. The van der Waals surface area contributed by atoms with Crippen molar-refractivity contribution in [2.45, 2.75) is 6.92 Å². The summed E-state index contributed by atoms with van der Waals surface area (Å²) in [6, 6.07) is 18.7. The number of ether oxygens (including phenoxy) is 1. The van der Waals surface area contributed by atoms with E-state index in [0.29, 0.717) is 5.57 Å². The zero-order valence-electron chi connectivity index (χ0n) is 13.2. The van der Waals surface area contributed by atoms with Gasteiger partial charge in [-0.15, -0.1) is 0 Å². The van der Waals surface area contributed by atoms with Crippen LogP contribution in [-0.2, 0) is 14.3 Å². The Bertz CT molecular complexity index is 693. The number of esters is 1. The molecule has 0 bridgehead atoms. The van der Waals surface area contributed by atoms with Crippen LogP contribution in [0.1, 0.15) is 12.5 Å². The predicted octanol–water partition coefficient (Wildman–Crippen LogP) is 3.30. The zero-order valence-corrected chi connectivity index (χ0v) is 13.2. The van der Waals surface area contributed by atoms with Crippen LogP contribution in [0.3, 0.4) is 0 Å². The van der Waals surface area contributed by atoms with Crippen LogP contribution in [0.2, 0.25) is 0 Å². The number of hydrogen-bond donors (Lipinski definition) is 0. The van der Waals surface area contributed by atoms with Crippen molar-refractivity contribution in [1.29, 1.82) is 0 Å². The second kappa shape index (κ2) is 7.94. The summed E-state index contributed by atoms with van der Waals surface area (Å²) in [5, 5.41) is 0. The summed E-state index contributed by atoms with van der Waals surface area (Å²) in [6.45, 7) is 1.63. The lowest BCUT2D eigenvalue weighted by molar-refractivity contribution is -0.136. The van der Waals surface area contributed by atoms with E-state index in [1.54, 1.807) is 11.0 Å². The molecule has 0 aliphatic heterocycles. The maximum atomic E-state index is 12.1. The number of nitrogens with zero attached hydrogens (tertiary/aromatic N) is 1. The molecular formula is C19H19NO3. The number of benzene rings is 2. The normalized spacial score (nSPS) is 11.0. The van der Waals surface area contributed by atoms with Gasteiger partial charge in [-0.1, -0.05) is 48.5 Å². The molecule has 0 N–H and O–H groups in total. The van der Waals surface area contributed by atoms with Gasteiger partial charge in [-0.05, 0) is 23.8 Å². The van der Waals surface area contributed by atoms with Gasteiger partial charge in [0.25, 0.3) is 0 Å². The van der Waals surface area contributed by atoms with Crippen molar-refractivity contribution in [3.8, 4) is 0 Å². The third-order valence-corrected chi connectivity index (χ3v) is 3.36. The summed E-state index contributed by atoms with van der Waals surface area (Å²) in [7, 11) is 1.34. The highest BCUT2D eigenvalue weighted by Gasteiger charge is 2.18. The van der Waals surface area contributed by atoms with Crippen molar-refractivity contribution in [3.05, 3.63) is 71.8 Å². The van der Waals surface area contributed by atoms with E-state index in [1.807, 2.05) is 60.7 Å². The molecule has 1 amide bonds. The number of anilines is 1. The zero-order chi connectivity index (χ0) is 16.7. The number of carbonyl (C=O) groups excluding carboxylic acids is 2. The van der Waals surface area contributed by atoms with Crippen LogP contribution in [0.25, 0.3) is 6.08 Å². The number of para-hydroxylation sites is 1. The summed E-state index contributed by atoms with van der Waals surface area (Å²) >= 11 is 0. The average Bonchev–Trinajstić information content (AvgIpc) is 2.59. The molecule has 118 valence electrons. The molecule has 4 nitrogen and oxygen atoms in total. The fourth-order valence-electron chi connectivity index (χ4n) is 2.21. The van der Waals surface area contributed by atoms with E-state index in [-0.39, 0.29) is 12.5 Å². The van der Waals surface area contributed by atoms with Gasteiger partial charge in [-0.3, -0.25) is 4.79 Å². The Morgan fingerprint density at radius 1 is 1.00 bits per heavy atom. The van der Waals surface area contributed by atoms with E-state index < -0.39 is 5.97 Å². The molecule has 23 heavy (non-hydrogen) atoms. The maximum absolute atomic E-state index is 12.1. The van der Waals surface area contributed by atoms with Crippen molar-refractivity contribution in [1.82, 2.24) is 0 Å². The molecular weight excluding hydrogens is 290 g/mol. The highest BCUT2D eigenvalue weighted by molar-refractivity contribution is 5.99. The van der Waals surface area contributed by atoms with E-state index in [2.05, 4.69) is 0 Å². The van der Waals surface area contributed by atoms with E-state index in [9.17, 15) is 9.59 Å². The lowest BCUT2D eigenvalue weighted by atomic mass is 10.1. The smallest absolute Gasteiger partial charge is 0.335 e. The van der Waals surface area contributed by atoms with E-state index in [4.69, 9.17) is 4.74 Å². The van der Waals surface area contributed by atoms with Crippen LogP contribution >= 0.6 is 0 Å². The number of rotatable bonds is 5. The van der Waals surface area contributed by atoms with Gasteiger partial charge in [-0.2, -0.15) is 0 Å². The first-order valence-corrected chi connectivity index (χ1v) is 7.29. The largest absolute Gasteiger partial charge is 0.466 e. The monoisotopic (exact) mass is 309 g/mol. The number of hydrogen-bond acceptors (Lipinski definition) is 3. The molecule has 0 aliphatic rings. The molecule has 0 aliphatic carbocycles. The van der Waals surface area contributed by atoms with Crippen molar-refractivity contribution >= 4 is 23.6 Å². The Balaban J connectivity index is 2.34. The average molecular weight is 309 g/mol. The third-order valence-electron chi connectivity index (χ3n) is 3.36. The molecule has 0 saturated carbocycles. The molecule has 0 unspecified atom stereocenters. The number of amides is 1. The summed E-state index contributed by atoms with van der Waals surface area (Å²) in [5.41, 5.74) is 2.03. The van der Waals surface area contributed by atoms with Crippen LogP contribution in [0.15, 0.2) is 66.2 Å². The Labute approximate surface area is 136 Å². The molecule has 0 fully saturated rings. The van der Waals surface area contributed by atoms with E-state index >= 15 is 0 Å². The highest BCUT2D eigenvalue weighted by atomic mass is 16.5. The quantitative estimate of drug-likeness (QED) is 0.629. The van der Waals surface area contributed by atoms with Gasteiger partial charge < -0.3 is 9.64 Å². The maximum Gasteiger partial charge on any atom is 0.335 e. The first kappa shape index (κ1) is 16.5. The van der Waals surface area contributed by atoms with Crippen molar-refractivity contribution in [2.24, 2.45) is 0 Å². The lowest BCUT2D eigenvalue weighted by Gasteiger charge is -2.22. The van der Waals surface area contributed by atoms with Gasteiger partial charge >= 0.3 is 5.97 Å². The van der Waals surface area contributed by atoms with E-state index in [1.165, 1.54) is 14.0 Å². The Kier molecular flexibility index (Phi) is 5.69. The first-order valence-electron chi connectivity index (χ1n) is 7.29. The van der Waals surface area contributed by atoms with E-state index in [0.717, 1.165) is 11.3 Å². The summed E-state index contributed by atoms with van der Waals surface area (Å²) in [4.78, 5) is 25.6. The van der Waals surface area contributed by atoms with Crippen molar-refractivity contribution in [2.75, 3.05) is 18.6 Å². The van der Waals surface area contributed by atoms with Gasteiger partial charge in [0.2, 0.25) is 5.91 Å². The second-order valence-corrected chi connectivity index (χ2v) is 5.01.